The van der Waals surface area contributed by atoms with Crippen LogP contribution >= 0.6 is 15.9 Å². The van der Waals surface area contributed by atoms with Gasteiger partial charge in [-0.2, -0.15) is 5.26 Å². The number of nitrogens with zero attached hydrogens (tertiary/aromatic N) is 1. The standard InChI is InChI=1S/C25H22BrN3O3/c1-17-9-10-21(26)14-23(17)29-24(30)11-12-28-25(31)18-7-4-8-22(13-18)32-16-20-6-3-2-5-19(20)15-27/h2-10,13-14H,11-12,16H2,1H3,(H,28,31)(H,29,30). The number of ether oxygens (including phenoxy) is 1. The van der Waals surface area contributed by atoms with Crippen LogP contribution in [0.4, 0.5) is 5.69 Å². The zero-order chi connectivity index (χ0) is 22.9. The predicted octanol–water partition coefficient (Wildman–Crippen LogP) is 4.97. The number of carbonyl (C=O) groups is 2. The highest BCUT2D eigenvalue weighted by Crippen LogP contribution is 2.21. The van der Waals surface area contributed by atoms with Crippen LogP contribution in [0.5, 0.6) is 5.75 Å². The summed E-state index contributed by atoms with van der Waals surface area (Å²) in [5.74, 6) is 0.0484. The smallest absolute Gasteiger partial charge is 0.251 e. The van der Waals surface area contributed by atoms with Crippen LogP contribution in [-0.2, 0) is 11.4 Å². The number of nitriles is 1. The summed E-state index contributed by atoms with van der Waals surface area (Å²) in [6.45, 7) is 2.35. The molecule has 2 amide bonds. The van der Waals surface area contributed by atoms with Crippen molar-refractivity contribution in [2.45, 2.75) is 20.0 Å². The largest absolute Gasteiger partial charge is 0.489 e. The molecular formula is C25H22BrN3O3. The fourth-order valence-corrected chi connectivity index (χ4v) is 3.34. The number of hydrogen-bond acceptors (Lipinski definition) is 4. The van der Waals surface area contributed by atoms with Crippen LogP contribution in [0.15, 0.2) is 71.2 Å². The molecule has 32 heavy (non-hydrogen) atoms. The molecule has 0 fully saturated rings. The lowest BCUT2D eigenvalue weighted by Gasteiger charge is -2.11. The number of halogens is 1. The maximum atomic E-state index is 12.5. The highest BCUT2D eigenvalue weighted by molar-refractivity contribution is 9.10. The van der Waals surface area contributed by atoms with Gasteiger partial charge in [0.15, 0.2) is 0 Å². The topological polar surface area (TPSA) is 91.2 Å². The first-order chi connectivity index (χ1) is 15.5. The van der Waals surface area contributed by atoms with Gasteiger partial charge in [-0.05, 0) is 48.9 Å². The average Bonchev–Trinajstić information content (AvgIpc) is 2.80. The molecule has 0 bridgehead atoms. The van der Waals surface area contributed by atoms with Crippen LogP contribution in [0.2, 0.25) is 0 Å². The number of hydrogen-bond donors (Lipinski definition) is 2. The molecule has 0 aliphatic carbocycles. The Hall–Kier alpha value is -3.63. The number of anilines is 1. The van der Waals surface area contributed by atoms with E-state index in [0.29, 0.717) is 16.9 Å². The third kappa shape index (κ3) is 6.43. The Morgan fingerprint density at radius 1 is 1.06 bits per heavy atom. The highest BCUT2D eigenvalue weighted by atomic mass is 79.9. The Balaban J connectivity index is 1.50. The first kappa shape index (κ1) is 23.0. The molecule has 3 rings (SSSR count). The molecular weight excluding hydrogens is 470 g/mol. The molecule has 162 valence electrons. The van der Waals surface area contributed by atoms with E-state index in [1.807, 2.05) is 37.3 Å². The summed E-state index contributed by atoms with van der Waals surface area (Å²) in [7, 11) is 0. The molecule has 6 nitrogen and oxygen atoms in total. The van der Waals surface area contributed by atoms with Crippen LogP contribution in [0.3, 0.4) is 0 Å². The molecule has 0 atom stereocenters. The summed E-state index contributed by atoms with van der Waals surface area (Å²) < 4.78 is 6.64. The zero-order valence-corrected chi connectivity index (χ0v) is 19.1. The molecule has 0 saturated carbocycles. The maximum absolute atomic E-state index is 12.5. The van der Waals surface area contributed by atoms with Crippen LogP contribution in [0, 0.1) is 18.3 Å². The summed E-state index contributed by atoms with van der Waals surface area (Å²) >= 11 is 3.39. The zero-order valence-electron chi connectivity index (χ0n) is 17.5. The van der Waals surface area contributed by atoms with E-state index in [-0.39, 0.29) is 31.4 Å². The van der Waals surface area contributed by atoms with E-state index in [9.17, 15) is 14.9 Å². The summed E-state index contributed by atoms with van der Waals surface area (Å²) in [5.41, 5.74) is 3.45. The normalized spacial score (nSPS) is 10.2. The van der Waals surface area contributed by atoms with E-state index < -0.39 is 0 Å². The molecule has 0 saturated heterocycles. The van der Waals surface area contributed by atoms with Crippen molar-refractivity contribution in [3.63, 3.8) is 0 Å². The highest BCUT2D eigenvalue weighted by Gasteiger charge is 2.10. The van der Waals surface area contributed by atoms with Gasteiger partial charge in [0.05, 0.1) is 11.6 Å². The molecule has 0 spiro atoms. The molecule has 0 heterocycles. The summed E-state index contributed by atoms with van der Waals surface area (Å²) in [6.07, 6.45) is 0.152. The molecule has 3 aromatic rings. The molecule has 0 aliphatic heterocycles. The van der Waals surface area contributed by atoms with Crippen LogP contribution in [0.1, 0.15) is 33.5 Å². The Kier molecular flexibility index (Phi) is 8.01. The fraction of sp³-hybridized carbons (Fsp3) is 0.160. The van der Waals surface area contributed by atoms with Crippen molar-refractivity contribution >= 4 is 33.4 Å². The minimum Gasteiger partial charge on any atom is -0.489 e. The second-order valence-electron chi connectivity index (χ2n) is 7.10. The van der Waals surface area contributed by atoms with E-state index in [1.54, 1.807) is 36.4 Å². The Morgan fingerprint density at radius 2 is 1.88 bits per heavy atom. The van der Waals surface area contributed by atoms with Crippen molar-refractivity contribution in [2.24, 2.45) is 0 Å². The van der Waals surface area contributed by atoms with E-state index in [2.05, 4.69) is 32.6 Å². The van der Waals surface area contributed by atoms with Gasteiger partial charge in [-0.3, -0.25) is 9.59 Å². The number of rotatable bonds is 8. The lowest BCUT2D eigenvalue weighted by atomic mass is 10.1. The van der Waals surface area contributed by atoms with Gasteiger partial charge in [0, 0.05) is 34.3 Å². The quantitative estimate of drug-likeness (QED) is 0.465. The summed E-state index contributed by atoms with van der Waals surface area (Å²) in [6, 6.07) is 21.8. The number of amides is 2. The van der Waals surface area contributed by atoms with Crippen molar-refractivity contribution in [1.82, 2.24) is 5.32 Å². The van der Waals surface area contributed by atoms with E-state index in [0.717, 1.165) is 21.3 Å². The number of nitrogens with one attached hydrogen (secondary N) is 2. The fourth-order valence-electron chi connectivity index (χ4n) is 2.98. The first-order valence-corrected chi connectivity index (χ1v) is 10.8. The second kappa shape index (κ2) is 11.1. The maximum Gasteiger partial charge on any atom is 0.251 e. The molecule has 7 heteroatoms. The van der Waals surface area contributed by atoms with Gasteiger partial charge in [-0.1, -0.05) is 46.3 Å². The Labute approximate surface area is 195 Å². The average molecular weight is 492 g/mol. The lowest BCUT2D eigenvalue weighted by molar-refractivity contribution is -0.116. The molecule has 3 aromatic carbocycles. The minimum absolute atomic E-state index is 0.152. The lowest BCUT2D eigenvalue weighted by Crippen LogP contribution is -2.27. The molecule has 0 unspecified atom stereocenters. The van der Waals surface area contributed by atoms with Gasteiger partial charge in [0.2, 0.25) is 5.91 Å². The number of aryl methyl sites for hydroxylation is 1. The monoisotopic (exact) mass is 491 g/mol. The molecule has 0 aliphatic rings. The van der Waals surface area contributed by atoms with E-state index in [1.165, 1.54) is 0 Å². The van der Waals surface area contributed by atoms with Crippen molar-refractivity contribution in [3.8, 4) is 11.8 Å². The minimum atomic E-state index is -0.292. The van der Waals surface area contributed by atoms with Crippen LogP contribution in [0.25, 0.3) is 0 Å². The SMILES string of the molecule is Cc1ccc(Br)cc1NC(=O)CCNC(=O)c1cccc(OCc2ccccc2C#N)c1. The van der Waals surface area contributed by atoms with Gasteiger partial charge < -0.3 is 15.4 Å². The molecule has 2 N–H and O–H groups in total. The predicted molar refractivity (Wildman–Crippen MR) is 126 cm³/mol. The molecule has 0 aromatic heterocycles. The molecule has 0 radical (unpaired) electrons. The van der Waals surface area contributed by atoms with Crippen molar-refractivity contribution in [1.29, 1.82) is 5.26 Å². The second-order valence-corrected chi connectivity index (χ2v) is 8.01. The third-order valence-electron chi connectivity index (χ3n) is 4.74. The van der Waals surface area contributed by atoms with Gasteiger partial charge in [0.25, 0.3) is 5.91 Å². The van der Waals surface area contributed by atoms with Gasteiger partial charge in [0.1, 0.15) is 12.4 Å². The van der Waals surface area contributed by atoms with Crippen molar-refractivity contribution in [2.75, 3.05) is 11.9 Å². The Bertz CT molecular complexity index is 1170. The first-order valence-electron chi connectivity index (χ1n) is 10.0. The van der Waals surface area contributed by atoms with Crippen molar-refractivity contribution < 1.29 is 14.3 Å². The van der Waals surface area contributed by atoms with Crippen LogP contribution in [-0.4, -0.2) is 18.4 Å². The van der Waals surface area contributed by atoms with Crippen molar-refractivity contribution in [3.05, 3.63) is 93.5 Å². The van der Waals surface area contributed by atoms with Gasteiger partial charge >= 0.3 is 0 Å². The summed E-state index contributed by atoms with van der Waals surface area (Å²) in [4.78, 5) is 24.7. The van der Waals surface area contributed by atoms with E-state index >= 15 is 0 Å². The van der Waals surface area contributed by atoms with Gasteiger partial charge in [-0.15, -0.1) is 0 Å². The third-order valence-corrected chi connectivity index (χ3v) is 5.23. The Morgan fingerprint density at radius 3 is 2.69 bits per heavy atom. The number of carbonyl (C=O) groups excluding carboxylic acids is 2. The van der Waals surface area contributed by atoms with Crippen LogP contribution < -0.4 is 15.4 Å². The summed E-state index contributed by atoms with van der Waals surface area (Å²) in [5, 5.41) is 14.8. The van der Waals surface area contributed by atoms with E-state index in [4.69, 9.17) is 4.74 Å². The van der Waals surface area contributed by atoms with Gasteiger partial charge in [-0.25, -0.2) is 0 Å². The number of benzene rings is 3.